The van der Waals surface area contributed by atoms with E-state index in [1.165, 1.54) is 6.07 Å². The van der Waals surface area contributed by atoms with Gasteiger partial charge in [0.25, 0.3) is 5.91 Å². The Balaban J connectivity index is 2.65. The average molecular weight is 312 g/mol. The molecule has 2 amide bonds. The van der Waals surface area contributed by atoms with E-state index in [1.807, 2.05) is 27.7 Å². The first-order valence-electron chi connectivity index (χ1n) is 6.97. The van der Waals surface area contributed by atoms with Crippen LogP contribution in [0.2, 0.25) is 5.15 Å². The summed E-state index contributed by atoms with van der Waals surface area (Å²) in [7, 11) is 0. The van der Waals surface area contributed by atoms with Gasteiger partial charge in [-0.2, -0.15) is 0 Å². The minimum atomic E-state index is -0.333. The van der Waals surface area contributed by atoms with Crippen LogP contribution in [0.3, 0.4) is 0 Å². The number of carbonyl (C=O) groups is 2. The molecule has 0 aliphatic heterocycles. The summed E-state index contributed by atoms with van der Waals surface area (Å²) >= 11 is 5.91. The Kier molecular flexibility index (Phi) is 6.15. The number of hydrogen-bond donors (Lipinski definition) is 2. The molecule has 0 unspecified atom stereocenters. The molecule has 0 aromatic carbocycles. The van der Waals surface area contributed by atoms with E-state index in [0.717, 1.165) is 18.5 Å². The van der Waals surface area contributed by atoms with Crippen molar-refractivity contribution in [1.82, 2.24) is 15.6 Å². The van der Waals surface area contributed by atoms with E-state index in [1.54, 1.807) is 6.07 Å². The molecular weight excluding hydrogens is 290 g/mol. The van der Waals surface area contributed by atoms with Crippen LogP contribution in [0, 0.1) is 0 Å². The maximum Gasteiger partial charge on any atom is 0.251 e. The molecule has 0 radical (unpaired) electrons. The molecule has 0 bridgehead atoms. The van der Waals surface area contributed by atoms with Crippen molar-refractivity contribution in [3.05, 3.63) is 28.5 Å². The largest absolute Gasteiger partial charge is 0.350 e. The monoisotopic (exact) mass is 311 g/mol. The number of pyridine rings is 1. The molecule has 2 N–H and O–H groups in total. The van der Waals surface area contributed by atoms with Crippen LogP contribution in [0.4, 0.5) is 0 Å². The van der Waals surface area contributed by atoms with Gasteiger partial charge in [0, 0.05) is 16.8 Å². The molecule has 0 spiro atoms. The highest BCUT2D eigenvalue weighted by atomic mass is 35.5. The summed E-state index contributed by atoms with van der Waals surface area (Å²) in [5.41, 5.74) is 0.868. The van der Waals surface area contributed by atoms with Gasteiger partial charge in [0.2, 0.25) is 5.91 Å². The van der Waals surface area contributed by atoms with E-state index >= 15 is 0 Å². The standard InChI is InChI=1S/C15H22ClN3O2/c1-5-6-11-7-10(8-12(16)18-11)14(21)17-9-13(20)19-15(2,3)4/h7-8H,5-6,9H2,1-4H3,(H,17,21)(H,19,20). The van der Waals surface area contributed by atoms with Crippen molar-refractivity contribution in [2.24, 2.45) is 0 Å². The van der Waals surface area contributed by atoms with Gasteiger partial charge in [-0.25, -0.2) is 4.98 Å². The number of hydrogen-bond acceptors (Lipinski definition) is 3. The van der Waals surface area contributed by atoms with Gasteiger partial charge in [-0.15, -0.1) is 0 Å². The van der Waals surface area contributed by atoms with Gasteiger partial charge < -0.3 is 10.6 Å². The van der Waals surface area contributed by atoms with Crippen molar-refractivity contribution in [2.45, 2.75) is 46.1 Å². The van der Waals surface area contributed by atoms with Crippen LogP contribution in [-0.2, 0) is 11.2 Å². The maximum absolute atomic E-state index is 12.0. The lowest BCUT2D eigenvalue weighted by molar-refractivity contribution is -0.121. The highest BCUT2D eigenvalue weighted by molar-refractivity contribution is 6.29. The fourth-order valence-corrected chi connectivity index (χ4v) is 2.02. The highest BCUT2D eigenvalue weighted by Crippen LogP contribution is 2.12. The second-order valence-electron chi connectivity index (χ2n) is 5.90. The predicted octanol–water partition coefficient (Wildman–Crippen LogP) is 2.33. The van der Waals surface area contributed by atoms with Crippen molar-refractivity contribution >= 4 is 23.4 Å². The summed E-state index contributed by atoms with van der Waals surface area (Å²) in [6, 6.07) is 3.20. The third-order valence-electron chi connectivity index (χ3n) is 2.54. The molecule has 116 valence electrons. The molecule has 1 rings (SSSR count). The Hall–Kier alpha value is -1.62. The second-order valence-corrected chi connectivity index (χ2v) is 6.29. The number of nitrogens with one attached hydrogen (secondary N) is 2. The molecule has 1 aromatic heterocycles. The SMILES string of the molecule is CCCc1cc(C(=O)NCC(=O)NC(C)(C)C)cc(Cl)n1. The van der Waals surface area contributed by atoms with E-state index in [4.69, 9.17) is 11.6 Å². The van der Waals surface area contributed by atoms with E-state index in [0.29, 0.717) is 5.56 Å². The molecule has 0 saturated heterocycles. The number of amides is 2. The van der Waals surface area contributed by atoms with Crippen LogP contribution < -0.4 is 10.6 Å². The van der Waals surface area contributed by atoms with Crippen LogP contribution in [0.25, 0.3) is 0 Å². The van der Waals surface area contributed by atoms with Crippen LogP contribution in [0.5, 0.6) is 0 Å². The van der Waals surface area contributed by atoms with E-state index in [-0.39, 0.29) is 29.1 Å². The van der Waals surface area contributed by atoms with Gasteiger partial charge in [-0.1, -0.05) is 24.9 Å². The van der Waals surface area contributed by atoms with Crippen molar-refractivity contribution < 1.29 is 9.59 Å². The summed E-state index contributed by atoms with van der Waals surface area (Å²) in [4.78, 5) is 27.9. The fraction of sp³-hybridized carbons (Fsp3) is 0.533. The van der Waals surface area contributed by atoms with Gasteiger partial charge in [0.15, 0.2) is 0 Å². The van der Waals surface area contributed by atoms with Crippen molar-refractivity contribution in [3.63, 3.8) is 0 Å². The lowest BCUT2D eigenvalue weighted by Gasteiger charge is -2.20. The van der Waals surface area contributed by atoms with Crippen molar-refractivity contribution in [3.8, 4) is 0 Å². The molecule has 6 heteroatoms. The number of aryl methyl sites for hydroxylation is 1. The molecule has 0 aliphatic carbocycles. The number of nitrogens with zero attached hydrogens (tertiary/aromatic N) is 1. The summed E-state index contributed by atoms with van der Waals surface area (Å²) < 4.78 is 0. The summed E-state index contributed by atoms with van der Waals surface area (Å²) in [5, 5.41) is 5.64. The topological polar surface area (TPSA) is 71.1 Å². The number of halogens is 1. The Morgan fingerprint density at radius 1 is 1.29 bits per heavy atom. The Labute approximate surface area is 130 Å². The van der Waals surface area contributed by atoms with Gasteiger partial charge >= 0.3 is 0 Å². The number of rotatable bonds is 5. The minimum absolute atomic E-state index is 0.0703. The van der Waals surface area contributed by atoms with Gasteiger partial charge in [0.1, 0.15) is 5.15 Å². The molecule has 21 heavy (non-hydrogen) atoms. The molecule has 0 aliphatic rings. The maximum atomic E-state index is 12.0. The van der Waals surface area contributed by atoms with E-state index in [9.17, 15) is 9.59 Å². The van der Waals surface area contributed by atoms with Crippen LogP contribution in [0.15, 0.2) is 12.1 Å². The zero-order valence-corrected chi connectivity index (χ0v) is 13.7. The third kappa shape index (κ3) is 6.58. The number of carbonyl (C=O) groups excluding carboxylic acids is 2. The average Bonchev–Trinajstić information content (AvgIpc) is 2.33. The van der Waals surface area contributed by atoms with E-state index < -0.39 is 0 Å². The Morgan fingerprint density at radius 2 is 1.95 bits per heavy atom. The van der Waals surface area contributed by atoms with Crippen molar-refractivity contribution in [2.75, 3.05) is 6.54 Å². The smallest absolute Gasteiger partial charge is 0.251 e. The molecule has 1 aromatic rings. The van der Waals surface area contributed by atoms with Crippen LogP contribution >= 0.6 is 11.6 Å². The van der Waals surface area contributed by atoms with E-state index in [2.05, 4.69) is 15.6 Å². The third-order valence-corrected chi connectivity index (χ3v) is 2.73. The van der Waals surface area contributed by atoms with Gasteiger partial charge in [-0.3, -0.25) is 9.59 Å². The first-order valence-corrected chi connectivity index (χ1v) is 7.34. The molecular formula is C15H22ClN3O2. The first-order chi connectivity index (χ1) is 9.71. The molecule has 0 fully saturated rings. The Bertz CT molecular complexity index is 524. The van der Waals surface area contributed by atoms with Gasteiger partial charge in [-0.05, 0) is 39.3 Å². The zero-order valence-electron chi connectivity index (χ0n) is 12.9. The quantitative estimate of drug-likeness (QED) is 0.820. The minimum Gasteiger partial charge on any atom is -0.350 e. The fourth-order valence-electron chi connectivity index (χ4n) is 1.79. The van der Waals surface area contributed by atoms with Gasteiger partial charge in [0.05, 0.1) is 6.54 Å². The lowest BCUT2D eigenvalue weighted by Crippen LogP contribution is -2.45. The normalized spacial score (nSPS) is 11.1. The second kappa shape index (κ2) is 7.41. The first kappa shape index (κ1) is 17.4. The zero-order chi connectivity index (χ0) is 16.0. The predicted molar refractivity (Wildman–Crippen MR) is 83.5 cm³/mol. The van der Waals surface area contributed by atoms with Crippen LogP contribution in [0.1, 0.15) is 50.2 Å². The summed E-state index contributed by atoms with van der Waals surface area (Å²) in [6.45, 7) is 7.60. The summed E-state index contributed by atoms with van der Waals surface area (Å²) in [6.07, 6.45) is 1.67. The lowest BCUT2D eigenvalue weighted by atomic mass is 10.1. The Morgan fingerprint density at radius 3 is 2.52 bits per heavy atom. The molecule has 1 heterocycles. The molecule has 0 saturated carbocycles. The van der Waals surface area contributed by atoms with Crippen molar-refractivity contribution in [1.29, 1.82) is 0 Å². The number of aromatic nitrogens is 1. The molecule has 5 nitrogen and oxygen atoms in total. The molecule has 0 atom stereocenters. The van der Waals surface area contributed by atoms with Crippen LogP contribution in [-0.4, -0.2) is 28.9 Å². The summed E-state index contributed by atoms with van der Waals surface area (Å²) in [5.74, 6) is -0.564. The highest BCUT2D eigenvalue weighted by Gasteiger charge is 2.15.